The summed E-state index contributed by atoms with van der Waals surface area (Å²) < 4.78 is 0. The van der Waals surface area contributed by atoms with Gasteiger partial charge < -0.3 is 5.32 Å². The Bertz CT molecular complexity index is 547. The Balaban J connectivity index is 1.54. The molecule has 0 unspecified atom stereocenters. The molecule has 1 atom stereocenters. The quantitative estimate of drug-likeness (QED) is 0.923. The van der Waals surface area contributed by atoms with Crippen molar-refractivity contribution in [1.82, 2.24) is 10.2 Å². The summed E-state index contributed by atoms with van der Waals surface area (Å²) in [4.78, 5) is 14.6. The average Bonchev–Trinajstić information content (AvgIpc) is 2.56. The highest BCUT2D eigenvalue weighted by Gasteiger charge is 2.19. The number of aryl methyl sites for hydroxylation is 2. The monoisotopic (exact) mass is 314 g/mol. The first-order valence-corrected chi connectivity index (χ1v) is 9.25. The van der Waals surface area contributed by atoms with E-state index in [1.807, 2.05) is 0 Å². The van der Waals surface area contributed by atoms with Crippen LogP contribution in [0.15, 0.2) is 18.2 Å². The van der Waals surface area contributed by atoms with Crippen molar-refractivity contribution in [3.8, 4) is 0 Å². The molecule has 0 aromatic heterocycles. The van der Waals surface area contributed by atoms with Crippen molar-refractivity contribution in [2.24, 2.45) is 5.92 Å². The van der Waals surface area contributed by atoms with Crippen molar-refractivity contribution >= 4 is 5.91 Å². The van der Waals surface area contributed by atoms with Crippen molar-refractivity contribution < 1.29 is 4.79 Å². The van der Waals surface area contributed by atoms with Crippen LogP contribution in [0.25, 0.3) is 0 Å². The Labute approximate surface area is 140 Å². The van der Waals surface area contributed by atoms with Crippen molar-refractivity contribution in [3.63, 3.8) is 0 Å². The van der Waals surface area contributed by atoms with E-state index in [1.54, 1.807) is 0 Å². The Kier molecular flexibility index (Phi) is 5.37. The number of carbonyl (C=O) groups excluding carboxylic acids is 1. The zero-order valence-corrected chi connectivity index (χ0v) is 14.6. The normalized spacial score (nSPS) is 20.8. The number of hydrogen-bond donors (Lipinski definition) is 1. The lowest BCUT2D eigenvalue weighted by Gasteiger charge is -2.30. The Morgan fingerprint density at radius 2 is 1.91 bits per heavy atom. The number of benzene rings is 1. The maximum atomic E-state index is 12.3. The van der Waals surface area contributed by atoms with E-state index in [9.17, 15) is 4.79 Å². The molecule has 0 spiro atoms. The van der Waals surface area contributed by atoms with Gasteiger partial charge in [0.05, 0.1) is 12.6 Å². The van der Waals surface area contributed by atoms with Crippen LogP contribution >= 0.6 is 0 Å². The molecule has 126 valence electrons. The van der Waals surface area contributed by atoms with Gasteiger partial charge >= 0.3 is 0 Å². The third-order valence-corrected chi connectivity index (χ3v) is 5.49. The minimum absolute atomic E-state index is 0.0958. The Morgan fingerprint density at radius 1 is 1.22 bits per heavy atom. The topological polar surface area (TPSA) is 32.3 Å². The summed E-state index contributed by atoms with van der Waals surface area (Å²) in [7, 11) is 0. The molecule has 0 radical (unpaired) electrons. The second-order valence-electron chi connectivity index (χ2n) is 7.48. The largest absolute Gasteiger partial charge is 0.348 e. The lowest BCUT2D eigenvalue weighted by atomic mass is 9.89. The van der Waals surface area contributed by atoms with E-state index in [2.05, 4.69) is 42.3 Å². The molecule has 2 aliphatic rings. The van der Waals surface area contributed by atoms with Crippen LogP contribution in [0.2, 0.25) is 0 Å². The molecule has 3 rings (SSSR count). The standard InChI is InChI=1S/C20H30N2O/c1-15-9-11-22(12-10-15)14-20(23)21-16(2)18-8-7-17-5-3-4-6-19(17)13-18/h7-8,13,15-16H,3-6,9-12,14H2,1-2H3,(H,21,23)/t16-/m0/s1. The zero-order valence-electron chi connectivity index (χ0n) is 14.6. The number of fused-ring (bicyclic) bond motifs is 1. The number of hydrogen-bond acceptors (Lipinski definition) is 2. The molecule has 1 saturated heterocycles. The number of carbonyl (C=O) groups is 1. The fourth-order valence-corrected chi connectivity index (χ4v) is 3.82. The van der Waals surface area contributed by atoms with Crippen LogP contribution in [0, 0.1) is 5.92 Å². The molecular formula is C20H30N2O. The molecule has 1 aromatic carbocycles. The van der Waals surface area contributed by atoms with Crippen molar-refractivity contribution in [1.29, 1.82) is 0 Å². The van der Waals surface area contributed by atoms with Crippen LogP contribution in [0.3, 0.4) is 0 Å². The van der Waals surface area contributed by atoms with Crippen LogP contribution in [0.1, 0.15) is 62.3 Å². The molecule has 1 aromatic rings. The summed E-state index contributed by atoms with van der Waals surface area (Å²) >= 11 is 0. The van der Waals surface area contributed by atoms with Gasteiger partial charge in [0.2, 0.25) is 5.91 Å². The summed E-state index contributed by atoms with van der Waals surface area (Å²) in [6.07, 6.45) is 7.44. The van der Waals surface area contributed by atoms with Crippen molar-refractivity contribution in [3.05, 3.63) is 34.9 Å². The van der Waals surface area contributed by atoms with Crippen LogP contribution < -0.4 is 5.32 Å². The average molecular weight is 314 g/mol. The van der Waals surface area contributed by atoms with Gasteiger partial charge in [-0.05, 0) is 81.1 Å². The summed E-state index contributed by atoms with van der Waals surface area (Å²) in [6, 6.07) is 6.86. The number of piperidine rings is 1. The minimum Gasteiger partial charge on any atom is -0.348 e. The van der Waals surface area contributed by atoms with E-state index >= 15 is 0 Å². The highest BCUT2D eigenvalue weighted by atomic mass is 16.2. The molecular weight excluding hydrogens is 284 g/mol. The van der Waals surface area contributed by atoms with Gasteiger partial charge in [0.1, 0.15) is 0 Å². The van der Waals surface area contributed by atoms with Gasteiger partial charge in [0, 0.05) is 0 Å². The molecule has 23 heavy (non-hydrogen) atoms. The maximum Gasteiger partial charge on any atom is 0.234 e. The SMILES string of the molecule is CC1CCN(CC(=O)N[C@@H](C)c2ccc3c(c2)CCCC3)CC1. The predicted octanol–water partition coefficient (Wildman–Crippen LogP) is 3.47. The smallest absolute Gasteiger partial charge is 0.234 e. The third kappa shape index (κ3) is 4.35. The number of amides is 1. The van der Waals surface area contributed by atoms with Crippen molar-refractivity contribution in [2.75, 3.05) is 19.6 Å². The summed E-state index contributed by atoms with van der Waals surface area (Å²) in [5.41, 5.74) is 4.23. The second kappa shape index (κ2) is 7.48. The fraction of sp³-hybridized carbons (Fsp3) is 0.650. The van der Waals surface area contributed by atoms with Gasteiger partial charge in [-0.25, -0.2) is 0 Å². The molecule has 1 amide bonds. The van der Waals surface area contributed by atoms with Gasteiger partial charge in [0.25, 0.3) is 0 Å². The first kappa shape index (κ1) is 16.5. The molecule has 1 aliphatic carbocycles. The van der Waals surface area contributed by atoms with E-state index in [4.69, 9.17) is 0 Å². The van der Waals surface area contributed by atoms with E-state index < -0.39 is 0 Å². The molecule has 0 bridgehead atoms. The number of rotatable bonds is 4. The zero-order chi connectivity index (χ0) is 16.2. The summed E-state index contributed by atoms with van der Waals surface area (Å²) in [6.45, 7) is 7.06. The number of nitrogens with zero attached hydrogens (tertiary/aromatic N) is 1. The fourth-order valence-electron chi connectivity index (χ4n) is 3.82. The van der Waals surface area contributed by atoms with Crippen LogP contribution in [0.4, 0.5) is 0 Å². The van der Waals surface area contributed by atoms with Crippen molar-refractivity contribution in [2.45, 2.75) is 58.4 Å². The van der Waals surface area contributed by atoms with E-state index in [-0.39, 0.29) is 11.9 Å². The molecule has 1 fully saturated rings. The maximum absolute atomic E-state index is 12.3. The van der Waals surface area contributed by atoms with Gasteiger partial charge in [0.15, 0.2) is 0 Å². The summed E-state index contributed by atoms with van der Waals surface area (Å²) in [5, 5.41) is 3.18. The van der Waals surface area contributed by atoms with Gasteiger partial charge in [-0.3, -0.25) is 9.69 Å². The molecule has 3 heteroatoms. The second-order valence-corrected chi connectivity index (χ2v) is 7.48. The highest BCUT2D eigenvalue weighted by Crippen LogP contribution is 2.24. The Morgan fingerprint density at radius 3 is 2.65 bits per heavy atom. The van der Waals surface area contributed by atoms with Gasteiger partial charge in [-0.1, -0.05) is 25.1 Å². The molecule has 1 heterocycles. The third-order valence-electron chi connectivity index (χ3n) is 5.49. The summed E-state index contributed by atoms with van der Waals surface area (Å²) in [5.74, 6) is 0.966. The first-order valence-electron chi connectivity index (χ1n) is 9.25. The predicted molar refractivity (Wildman–Crippen MR) is 94.5 cm³/mol. The van der Waals surface area contributed by atoms with Crippen LogP contribution in [-0.2, 0) is 17.6 Å². The van der Waals surface area contributed by atoms with Gasteiger partial charge in [-0.2, -0.15) is 0 Å². The number of nitrogens with one attached hydrogen (secondary N) is 1. The van der Waals surface area contributed by atoms with E-state index in [0.29, 0.717) is 6.54 Å². The Hall–Kier alpha value is -1.35. The lowest BCUT2D eigenvalue weighted by molar-refractivity contribution is -0.123. The minimum atomic E-state index is 0.0958. The van der Waals surface area contributed by atoms with E-state index in [0.717, 1.165) is 19.0 Å². The molecule has 3 nitrogen and oxygen atoms in total. The van der Waals surface area contributed by atoms with E-state index in [1.165, 1.54) is 55.2 Å². The molecule has 0 saturated carbocycles. The highest BCUT2D eigenvalue weighted by molar-refractivity contribution is 5.78. The van der Waals surface area contributed by atoms with Gasteiger partial charge in [-0.15, -0.1) is 0 Å². The number of likely N-dealkylation sites (tertiary alicyclic amines) is 1. The molecule has 1 N–H and O–H groups in total. The lowest BCUT2D eigenvalue weighted by Crippen LogP contribution is -2.41. The molecule has 1 aliphatic heterocycles. The van der Waals surface area contributed by atoms with Crippen LogP contribution in [-0.4, -0.2) is 30.4 Å². The first-order chi connectivity index (χ1) is 11.1. The van der Waals surface area contributed by atoms with Crippen LogP contribution in [0.5, 0.6) is 0 Å².